The molecule has 1 aromatic heterocycles. The highest BCUT2D eigenvalue weighted by Gasteiger charge is 2.24. The summed E-state index contributed by atoms with van der Waals surface area (Å²) in [7, 11) is 0. The molecule has 1 saturated heterocycles. The maximum Gasteiger partial charge on any atom is 0.223 e. The second kappa shape index (κ2) is 4.29. The van der Waals surface area contributed by atoms with Crippen LogP contribution in [0.1, 0.15) is 23.2 Å². The molecule has 0 saturated carbocycles. The third-order valence-electron chi connectivity index (χ3n) is 3.29. The minimum Gasteiger partial charge on any atom is -0.464 e. The first-order chi connectivity index (χ1) is 8.75. The fourth-order valence-corrected chi connectivity index (χ4v) is 2.32. The van der Waals surface area contributed by atoms with Gasteiger partial charge in [0.05, 0.1) is 12.1 Å². The van der Waals surface area contributed by atoms with Gasteiger partial charge in [0.2, 0.25) is 5.91 Å². The van der Waals surface area contributed by atoms with Gasteiger partial charge in [-0.3, -0.25) is 9.59 Å². The van der Waals surface area contributed by atoms with Gasteiger partial charge in [0.1, 0.15) is 11.8 Å². The highest BCUT2D eigenvalue weighted by Crippen LogP contribution is 2.22. The lowest BCUT2D eigenvalue weighted by Crippen LogP contribution is -2.30. The smallest absolute Gasteiger partial charge is 0.223 e. The van der Waals surface area contributed by atoms with E-state index in [1.807, 2.05) is 24.3 Å². The van der Waals surface area contributed by atoms with Crippen molar-refractivity contribution in [3.05, 3.63) is 36.1 Å². The molecule has 2 heterocycles. The Kier molecular flexibility index (Phi) is 2.63. The Bertz CT molecular complexity index is 614. The average Bonchev–Trinajstić information content (AvgIpc) is 2.96. The molecule has 0 atom stereocenters. The zero-order chi connectivity index (χ0) is 12.5. The minimum atomic E-state index is -0.0600. The van der Waals surface area contributed by atoms with E-state index in [2.05, 4.69) is 0 Å². The number of amides is 1. The Morgan fingerprint density at radius 3 is 2.94 bits per heavy atom. The van der Waals surface area contributed by atoms with Crippen molar-refractivity contribution >= 4 is 22.7 Å². The van der Waals surface area contributed by atoms with E-state index in [-0.39, 0.29) is 18.2 Å². The van der Waals surface area contributed by atoms with Crippen molar-refractivity contribution in [1.29, 1.82) is 0 Å². The summed E-state index contributed by atoms with van der Waals surface area (Å²) >= 11 is 0. The number of carbonyl (C=O) groups excluding carboxylic acids is 2. The molecule has 3 rings (SSSR count). The van der Waals surface area contributed by atoms with Gasteiger partial charge in [0.15, 0.2) is 5.78 Å². The predicted molar refractivity (Wildman–Crippen MR) is 66.4 cm³/mol. The van der Waals surface area contributed by atoms with Gasteiger partial charge in [-0.25, -0.2) is 0 Å². The maximum absolute atomic E-state index is 12.2. The highest BCUT2D eigenvalue weighted by atomic mass is 16.3. The number of fused-ring (bicyclic) bond motifs is 1. The van der Waals surface area contributed by atoms with Crippen LogP contribution >= 0.6 is 0 Å². The lowest BCUT2D eigenvalue weighted by Gasteiger charge is -2.13. The number of hydrogen-bond donors (Lipinski definition) is 0. The third kappa shape index (κ3) is 1.79. The van der Waals surface area contributed by atoms with Crippen LogP contribution in [-0.2, 0) is 4.79 Å². The normalized spacial score (nSPS) is 15.6. The van der Waals surface area contributed by atoms with Gasteiger partial charge in [-0.1, -0.05) is 18.2 Å². The zero-order valence-corrected chi connectivity index (χ0v) is 9.89. The number of furan rings is 1. The Morgan fingerprint density at radius 1 is 1.33 bits per heavy atom. The van der Waals surface area contributed by atoms with Gasteiger partial charge < -0.3 is 9.32 Å². The number of nitrogens with zero attached hydrogens (tertiary/aromatic N) is 1. The molecule has 4 heteroatoms. The summed E-state index contributed by atoms with van der Waals surface area (Å²) in [5.74, 6) is 0.00588. The number of hydrogen-bond acceptors (Lipinski definition) is 3. The summed E-state index contributed by atoms with van der Waals surface area (Å²) < 4.78 is 5.34. The van der Waals surface area contributed by atoms with Crippen molar-refractivity contribution in [1.82, 2.24) is 4.90 Å². The van der Waals surface area contributed by atoms with E-state index >= 15 is 0 Å². The van der Waals surface area contributed by atoms with E-state index in [1.54, 1.807) is 4.90 Å². The quantitative estimate of drug-likeness (QED) is 0.777. The fourth-order valence-electron chi connectivity index (χ4n) is 2.32. The van der Waals surface area contributed by atoms with Gasteiger partial charge in [0.25, 0.3) is 0 Å². The second-order valence-corrected chi connectivity index (χ2v) is 4.49. The van der Waals surface area contributed by atoms with E-state index in [9.17, 15) is 9.59 Å². The second-order valence-electron chi connectivity index (χ2n) is 4.49. The SMILES string of the molecule is O=C(CN1CCCC1=O)c1coc2ccccc12. The van der Waals surface area contributed by atoms with Crippen molar-refractivity contribution in [2.45, 2.75) is 12.8 Å². The number of likely N-dealkylation sites (tertiary alicyclic amines) is 1. The van der Waals surface area contributed by atoms with Crippen LogP contribution in [0.15, 0.2) is 34.9 Å². The molecular weight excluding hydrogens is 230 g/mol. The summed E-state index contributed by atoms with van der Waals surface area (Å²) in [5, 5.41) is 0.814. The standard InChI is InChI=1S/C14H13NO3/c16-12(8-15-7-3-6-14(15)17)11-9-18-13-5-2-1-4-10(11)13/h1-2,4-5,9H,3,6-8H2. The summed E-state index contributed by atoms with van der Waals surface area (Å²) in [6.45, 7) is 0.836. The zero-order valence-electron chi connectivity index (χ0n) is 9.89. The van der Waals surface area contributed by atoms with Crippen molar-refractivity contribution in [2.75, 3.05) is 13.1 Å². The van der Waals surface area contributed by atoms with Crippen LogP contribution in [0.5, 0.6) is 0 Å². The number of para-hydroxylation sites is 1. The van der Waals surface area contributed by atoms with Crippen molar-refractivity contribution in [2.24, 2.45) is 0 Å². The third-order valence-corrected chi connectivity index (χ3v) is 3.29. The number of Topliss-reactive ketones (excluding diaryl/α,β-unsaturated/α-hetero) is 1. The molecular formula is C14H13NO3. The lowest BCUT2D eigenvalue weighted by atomic mass is 10.1. The van der Waals surface area contributed by atoms with Gasteiger partial charge >= 0.3 is 0 Å². The van der Waals surface area contributed by atoms with Crippen LogP contribution in [0.25, 0.3) is 11.0 Å². The molecule has 0 radical (unpaired) electrons. The van der Waals surface area contributed by atoms with Crippen molar-refractivity contribution in [3.63, 3.8) is 0 Å². The number of rotatable bonds is 3. The van der Waals surface area contributed by atoms with Crippen LogP contribution in [0.3, 0.4) is 0 Å². The molecule has 1 aliphatic rings. The van der Waals surface area contributed by atoms with Crippen LogP contribution in [0.4, 0.5) is 0 Å². The van der Waals surface area contributed by atoms with E-state index in [4.69, 9.17) is 4.42 Å². The van der Waals surface area contributed by atoms with Crippen molar-refractivity contribution < 1.29 is 14.0 Å². The topological polar surface area (TPSA) is 50.5 Å². The Labute approximate surface area is 104 Å². The largest absolute Gasteiger partial charge is 0.464 e. The van der Waals surface area contributed by atoms with E-state index in [0.29, 0.717) is 24.1 Å². The van der Waals surface area contributed by atoms with E-state index in [1.165, 1.54) is 6.26 Å². The average molecular weight is 243 g/mol. The molecule has 0 spiro atoms. The monoisotopic (exact) mass is 243 g/mol. The summed E-state index contributed by atoms with van der Waals surface area (Å²) in [5.41, 5.74) is 1.26. The Morgan fingerprint density at radius 2 is 2.17 bits per heavy atom. The predicted octanol–water partition coefficient (Wildman–Crippen LogP) is 2.24. The molecule has 92 valence electrons. The van der Waals surface area contributed by atoms with Gasteiger partial charge in [-0.15, -0.1) is 0 Å². The molecule has 1 aliphatic heterocycles. The summed E-state index contributed by atoms with van der Waals surface area (Å²) in [4.78, 5) is 25.3. The Balaban J connectivity index is 1.86. The van der Waals surface area contributed by atoms with Gasteiger partial charge in [0, 0.05) is 18.4 Å². The van der Waals surface area contributed by atoms with Crippen LogP contribution in [0, 0.1) is 0 Å². The number of carbonyl (C=O) groups is 2. The molecule has 1 aromatic carbocycles. The minimum absolute atomic E-state index is 0.0600. The summed E-state index contributed by atoms with van der Waals surface area (Å²) in [6, 6.07) is 7.42. The van der Waals surface area contributed by atoms with Gasteiger partial charge in [-0.2, -0.15) is 0 Å². The summed E-state index contributed by atoms with van der Waals surface area (Å²) in [6.07, 6.45) is 2.88. The lowest BCUT2D eigenvalue weighted by molar-refractivity contribution is -0.127. The molecule has 2 aromatic rings. The van der Waals surface area contributed by atoms with Crippen LogP contribution in [-0.4, -0.2) is 29.7 Å². The highest BCUT2D eigenvalue weighted by molar-refractivity contribution is 6.08. The molecule has 4 nitrogen and oxygen atoms in total. The fraction of sp³-hybridized carbons (Fsp3) is 0.286. The first-order valence-corrected chi connectivity index (χ1v) is 6.03. The van der Waals surface area contributed by atoms with Crippen LogP contribution in [0.2, 0.25) is 0 Å². The molecule has 1 fully saturated rings. The van der Waals surface area contributed by atoms with Gasteiger partial charge in [-0.05, 0) is 12.5 Å². The van der Waals surface area contributed by atoms with E-state index < -0.39 is 0 Å². The molecule has 18 heavy (non-hydrogen) atoms. The Hall–Kier alpha value is -2.10. The van der Waals surface area contributed by atoms with Crippen LogP contribution < -0.4 is 0 Å². The first-order valence-electron chi connectivity index (χ1n) is 6.03. The molecule has 0 aliphatic carbocycles. The number of benzene rings is 1. The maximum atomic E-state index is 12.2. The van der Waals surface area contributed by atoms with E-state index in [0.717, 1.165) is 11.8 Å². The molecule has 1 amide bonds. The molecule has 0 N–H and O–H groups in total. The van der Waals surface area contributed by atoms with Crippen molar-refractivity contribution in [3.8, 4) is 0 Å². The number of ketones is 1. The first kappa shape index (κ1) is 11.0. The molecule has 0 unspecified atom stereocenters. The molecule has 0 bridgehead atoms.